The van der Waals surface area contributed by atoms with Gasteiger partial charge in [-0.2, -0.15) is 0 Å². The van der Waals surface area contributed by atoms with Crippen LogP contribution in [0.15, 0.2) is 16.7 Å². The van der Waals surface area contributed by atoms with Gasteiger partial charge in [-0.3, -0.25) is 4.98 Å². The topological polar surface area (TPSA) is 24.9 Å². The fourth-order valence-corrected chi connectivity index (χ4v) is 2.11. The number of nitrogens with one attached hydrogen (secondary N) is 1. The fourth-order valence-electron chi connectivity index (χ4n) is 1.81. The number of hydrogen-bond donors (Lipinski definition) is 1. The molecule has 2 nitrogen and oxygen atoms in total. The van der Waals surface area contributed by atoms with Crippen molar-refractivity contribution in [1.29, 1.82) is 0 Å². The molecule has 1 aromatic heterocycles. The van der Waals surface area contributed by atoms with E-state index in [4.69, 9.17) is 0 Å². The standard InChI is InChI=1S/C10H12BrFN2/c11-8-4-9(12)10(14-6-8)7-2-1-3-13-5-7/h4,6-7,13H,1-3,5H2. The molecule has 0 spiro atoms. The average molecular weight is 259 g/mol. The Bertz CT molecular complexity index is 324. The zero-order valence-electron chi connectivity index (χ0n) is 7.76. The summed E-state index contributed by atoms with van der Waals surface area (Å²) < 4.78 is 14.2. The molecule has 1 aromatic rings. The number of hydrogen-bond acceptors (Lipinski definition) is 2. The Kier molecular flexibility index (Phi) is 3.13. The van der Waals surface area contributed by atoms with Crippen LogP contribution in [-0.4, -0.2) is 18.1 Å². The van der Waals surface area contributed by atoms with Gasteiger partial charge in [-0.1, -0.05) is 0 Å². The van der Waals surface area contributed by atoms with Gasteiger partial charge in [-0.05, 0) is 41.4 Å². The highest BCUT2D eigenvalue weighted by Crippen LogP contribution is 2.25. The first-order valence-electron chi connectivity index (χ1n) is 4.79. The molecule has 1 atom stereocenters. The summed E-state index contributed by atoms with van der Waals surface area (Å²) in [6, 6.07) is 1.48. The molecule has 1 fully saturated rings. The van der Waals surface area contributed by atoms with Crippen molar-refractivity contribution in [1.82, 2.24) is 10.3 Å². The molecule has 0 saturated carbocycles. The molecule has 2 heterocycles. The minimum Gasteiger partial charge on any atom is -0.316 e. The van der Waals surface area contributed by atoms with E-state index in [-0.39, 0.29) is 11.7 Å². The van der Waals surface area contributed by atoms with Gasteiger partial charge in [-0.15, -0.1) is 0 Å². The summed E-state index contributed by atoms with van der Waals surface area (Å²) in [5.74, 6) is 0.0323. The Morgan fingerprint density at radius 1 is 1.57 bits per heavy atom. The van der Waals surface area contributed by atoms with Crippen LogP contribution in [0.1, 0.15) is 24.5 Å². The molecule has 1 aliphatic rings. The number of piperidine rings is 1. The van der Waals surface area contributed by atoms with Crippen LogP contribution in [0, 0.1) is 5.82 Å². The van der Waals surface area contributed by atoms with Crippen molar-refractivity contribution in [2.45, 2.75) is 18.8 Å². The smallest absolute Gasteiger partial charge is 0.146 e. The highest BCUT2D eigenvalue weighted by atomic mass is 79.9. The van der Waals surface area contributed by atoms with E-state index in [0.29, 0.717) is 10.2 Å². The van der Waals surface area contributed by atoms with Crippen molar-refractivity contribution < 1.29 is 4.39 Å². The first-order valence-corrected chi connectivity index (χ1v) is 5.58. The Morgan fingerprint density at radius 3 is 3.07 bits per heavy atom. The van der Waals surface area contributed by atoms with E-state index in [1.165, 1.54) is 6.07 Å². The Morgan fingerprint density at radius 2 is 2.43 bits per heavy atom. The van der Waals surface area contributed by atoms with Crippen LogP contribution < -0.4 is 5.32 Å². The van der Waals surface area contributed by atoms with E-state index < -0.39 is 0 Å². The highest BCUT2D eigenvalue weighted by molar-refractivity contribution is 9.10. The summed E-state index contributed by atoms with van der Waals surface area (Å²) in [4.78, 5) is 4.14. The van der Waals surface area contributed by atoms with E-state index in [9.17, 15) is 4.39 Å². The number of aromatic nitrogens is 1. The van der Waals surface area contributed by atoms with Crippen LogP contribution in [-0.2, 0) is 0 Å². The van der Waals surface area contributed by atoms with Crippen LogP contribution in [0.4, 0.5) is 4.39 Å². The van der Waals surface area contributed by atoms with Gasteiger partial charge >= 0.3 is 0 Å². The molecular formula is C10H12BrFN2. The van der Waals surface area contributed by atoms with Crippen molar-refractivity contribution in [3.63, 3.8) is 0 Å². The van der Waals surface area contributed by atoms with Gasteiger partial charge in [0.25, 0.3) is 0 Å². The van der Waals surface area contributed by atoms with E-state index in [1.807, 2.05) is 0 Å². The zero-order chi connectivity index (χ0) is 9.97. The second-order valence-corrected chi connectivity index (χ2v) is 4.48. The second kappa shape index (κ2) is 4.36. The summed E-state index contributed by atoms with van der Waals surface area (Å²) in [6.07, 6.45) is 3.79. The third-order valence-corrected chi connectivity index (χ3v) is 2.95. The lowest BCUT2D eigenvalue weighted by Crippen LogP contribution is -2.29. The van der Waals surface area contributed by atoms with Crippen LogP contribution >= 0.6 is 15.9 Å². The molecular weight excluding hydrogens is 247 g/mol. The summed E-state index contributed by atoms with van der Waals surface area (Å²) in [5.41, 5.74) is 0.598. The molecule has 1 saturated heterocycles. The monoisotopic (exact) mass is 258 g/mol. The predicted molar refractivity (Wildman–Crippen MR) is 56.7 cm³/mol. The molecule has 1 aliphatic heterocycles. The SMILES string of the molecule is Fc1cc(Br)cnc1C1CCCNC1. The molecule has 2 rings (SSSR count). The van der Waals surface area contributed by atoms with E-state index >= 15 is 0 Å². The predicted octanol–water partition coefficient (Wildman–Crippen LogP) is 2.45. The van der Waals surface area contributed by atoms with Crippen LogP contribution in [0.3, 0.4) is 0 Å². The molecule has 14 heavy (non-hydrogen) atoms. The third-order valence-electron chi connectivity index (χ3n) is 2.52. The first-order chi connectivity index (χ1) is 6.77. The van der Waals surface area contributed by atoms with E-state index in [0.717, 1.165) is 25.9 Å². The maximum absolute atomic E-state index is 13.5. The van der Waals surface area contributed by atoms with Crippen molar-refractivity contribution in [2.24, 2.45) is 0 Å². The van der Waals surface area contributed by atoms with Crippen molar-refractivity contribution in [3.05, 3.63) is 28.2 Å². The quantitative estimate of drug-likeness (QED) is 0.837. The van der Waals surface area contributed by atoms with Crippen LogP contribution in [0.25, 0.3) is 0 Å². The van der Waals surface area contributed by atoms with Gasteiger partial charge in [0.05, 0.1) is 5.69 Å². The Balaban J connectivity index is 2.22. The highest BCUT2D eigenvalue weighted by Gasteiger charge is 2.19. The summed E-state index contributed by atoms with van der Waals surface area (Å²) in [5, 5.41) is 3.26. The van der Waals surface area contributed by atoms with Gasteiger partial charge in [0.15, 0.2) is 0 Å². The van der Waals surface area contributed by atoms with Gasteiger partial charge in [0, 0.05) is 23.1 Å². The normalized spacial score (nSPS) is 22.3. The van der Waals surface area contributed by atoms with Crippen molar-refractivity contribution >= 4 is 15.9 Å². The Hall–Kier alpha value is -0.480. The lowest BCUT2D eigenvalue weighted by atomic mass is 9.95. The van der Waals surface area contributed by atoms with E-state index in [1.54, 1.807) is 6.20 Å². The summed E-state index contributed by atoms with van der Waals surface area (Å²) >= 11 is 3.20. The van der Waals surface area contributed by atoms with Crippen LogP contribution in [0.5, 0.6) is 0 Å². The lowest BCUT2D eigenvalue weighted by Gasteiger charge is -2.22. The molecule has 4 heteroatoms. The molecule has 1 N–H and O–H groups in total. The number of halogens is 2. The minimum atomic E-state index is -0.201. The number of rotatable bonds is 1. The third kappa shape index (κ3) is 2.12. The summed E-state index contributed by atoms with van der Waals surface area (Å²) in [7, 11) is 0. The zero-order valence-corrected chi connectivity index (χ0v) is 9.35. The van der Waals surface area contributed by atoms with Gasteiger partial charge in [0.2, 0.25) is 0 Å². The number of nitrogens with zero attached hydrogens (tertiary/aromatic N) is 1. The molecule has 0 aromatic carbocycles. The maximum atomic E-state index is 13.5. The molecule has 1 unspecified atom stereocenters. The minimum absolute atomic E-state index is 0.201. The van der Waals surface area contributed by atoms with Crippen molar-refractivity contribution in [2.75, 3.05) is 13.1 Å². The maximum Gasteiger partial charge on any atom is 0.146 e. The fraction of sp³-hybridized carbons (Fsp3) is 0.500. The summed E-state index contributed by atoms with van der Waals surface area (Å²) in [6.45, 7) is 1.88. The van der Waals surface area contributed by atoms with Gasteiger partial charge in [-0.25, -0.2) is 4.39 Å². The number of pyridine rings is 1. The molecule has 0 aliphatic carbocycles. The van der Waals surface area contributed by atoms with Crippen molar-refractivity contribution in [3.8, 4) is 0 Å². The lowest BCUT2D eigenvalue weighted by molar-refractivity contribution is 0.437. The molecule has 0 bridgehead atoms. The second-order valence-electron chi connectivity index (χ2n) is 3.56. The average Bonchev–Trinajstić information content (AvgIpc) is 2.19. The van der Waals surface area contributed by atoms with Gasteiger partial charge < -0.3 is 5.32 Å². The Labute approximate surface area is 91.1 Å². The first kappa shape index (κ1) is 10.1. The van der Waals surface area contributed by atoms with E-state index in [2.05, 4.69) is 26.2 Å². The molecule has 76 valence electrons. The largest absolute Gasteiger partial charge is 0.316 e. The van der Waals surface area contributed by atoms with Gasteiger partial charge in [0.1, 0.15) is 5.82 Å². The molecule has 0 radical (unpaired) electrons. The van der Waals surface area contributed by atoms with Crippen LogP contribution in [0.2, 0.25) is 0 Å². The molecule has 0 amide bonds.